The largest absolute Gasteiger partial charge is 0.395 e. The van der Waals surface area contributed by atoms with E-state index in [0.717, 1.165) is 18.4 Å². The van der Waals surface area contributed by atoms with Crippen LogP contribution in [0.3, 0.4) is 0 Å². The van der Waals surface area contributed by atoms with Crippen LogP contribution in [-0.4, -0.2) is 18.3 Å². The van der Waals surface area contributed by atoms with Gasteiger partial charge in [-0.25, -0.2) is 4.39 Å². The standard InChI is InChI=1S/C14H22FNO/c1-11(2)6-7-14(9-16,10-17)12-4-3-5-13(15)8-12/h3-5,8,11,17H,6-7,9-10,16H2,1-2H3. The molecule has 0 aromatic heterocycles. The van der Waals surface area contributed by atoms with Crippen LogP contribution in [0.25, 0.3) is 0 Å². The van der Waals surface area contributed by atoms with Crippen molar-refractivity contribution in [2.75, 3.05) is 13.2 Å². The van der Waals surface area contributed by atoms with Crippen LogP contribution in [0.2, 0.25) is 0 Å². The third-order valence-electron chi connectivity index (χ3n) is 3.33. The van der Waals surface area contributed by atoms with Gasteiger partial charge in [0.1, 0.15) is 5.82 Å². The summed E-state index contributed by atoms with van der Waals surface area (Å²) in [5.74, 6) is 0.263. The van der Waals surface area contributed by atoms with Gasteiger partial charge in [0.2, 0.25) is 0 Å². The molecule has 1 unspecified atom stereocenters. The van der Waals surface area contributed by atoms with Gasteiger partial charge in [-0.05, 0) is 36.5 Å². The van der Waals surface area contributed by atoms with Crippen molar-refractivity contribution in [1.82, 2.24) is 0 Å². The van der Waals surface area contributed by atoms with E-state index in [0.29, 0.717) is 12.5 Å². The fourth-order valence-electron chi connectivity index (χ4n) is 1.98. The highest BCUT2D eigenvalue weighted by molar-refractivity contribution is 5.27. The van der Waals surface area contributed by atoms with Crippen LogP contribution in [0.4, 0.5) is 4.39 Å². The Morgan fingerprint density at radius 3 is 2.59 bits per heavy atom. The third kappa shape index (κ3) is 3.51. The van der Waals surface area contributed by atoms with Gasteiger partial charge in [-0.1, -0.05) is 26.0 Å². The molecule has 0 spiro atoms. The summed E-state index contributed by atoms with van der Waals surface area (Å²) in [5, 5.41) is 9.63. The fourth-order valence-corrected chi connectivity index (χ4v) is 1.98. The molecule has 17 heavy (non-hydrogen) atoms. The first-order valence-electron chi connectivity index (χ1n) is 6.11. The second-order valence-electron chi connectivity index (χ2n) is 5.09. The number of nitrogens with two attached hydrogens (primary N) is 1. The van der Waals surface area contributed by atoms with E-state index in [4.69, 9.17) is 5.73 Å². The van der Waals surface area contributed by atoms with Crippen molar-refractivity contribution < 1.29 is 9.50 Å². The number of hydrogen-bond acceptors (Lipinski definition) is 2. The summed E-state index contributed by atoms with van der Waals surface area (Å²) in [5.41, 5.74) is 6.09. The predicted octanol–water partition coefficient (Wildman–Crippen LogP) is 2.45. The number of hydrogen-bond donors (Lipinski definition) is 2. The van der Waals surface area contributed by atoms with Crippen LogP contribution in [-0.2, 0) is 5.41 Å². The lowest BCUT2D eigenvalue weighted by atomic mass is 9.76. The van der Waals surface area contributed by atoms with Gasteiger partial charge in [0.05, 0.1) is 6.61 Å². The van der Waals surface area contributed by atoms with Crippen molar-refractivity contribution >= 4 is 0 Å². The van der Waals surface area contributed by atoms with Crippen LogP contribution < -0.4 is 5.73 Å². The van der Waals surface area contributed by atoms with Crippen molar-refractivity contribution in [2.45, 2.75) is 32.1 Å². The van der Waals surface area contributed by atoms with Crippen LogP contribution in [0.15, 0.2) is 24.3 Å². The first-order valence-corrected chi connectivity index (χ1v) is 6.11. The Bertz CT molecular complexity index is 348. The third-order valence-corrected chi connectivity index (χ3v) is 3.33. The summed E-state index contributed by atoms with van der Waals surface area (Å²) < 4.78 is 13.2. The number of aliphatic hydroxyl groups excluding tert-OH is 1. The highest BCUT2D eigenvalue weighted by Gasteiger charge is 2.30. The minimum atomic E-state index is -0.508. The number of halogens is 1. The van der Waals surface area contributed by atoms with Crippen LogP contribution in [0.5, 0.6) is 0 Å². The van der Waals surface area contributed by atoms with Crippen molar-refractivity contribution in [3.05, 3.63) is 35.6 Å². The first kappa shape index (κ1) is 14.1. The molecule has 1 aromatic rings. The van der Waals surface area contributed by atoms with E-state index in [1.807, 2.05) is 6.07 Å². The summed E-state index contributed by atoms with van der Waals surface area (Å²) in [6, 6.07) is 6.39. The number of rotatable bonds is 6. The maximum absolute atomic E-state index is 13.2. The van der Waals surface area contributed by atoms with Gasteiger partial charge in [-0.15, -0.1) is 0 Å². The van der Waals surface area contributed by atoms with Gasteiger partial charge in [0.15, 0.2) is 0 Å². The molecule has 0 saturated carbocycles. The summed E-state index contributed by atoms with van der Waals surface area (Å²) >= 11 is 0. The van der Waals surface area contributed by atoms with E-state index in [-0.39, 0.29) is 12.4 Å². The average Bonchev–Trinajstić information content (AvgIpc) is 2.31. The average molecular weight is 239 g/mol. The lowest BCUT2D eigenvalue weighted by Gasteiger charge is -2.32. The second-order valence-corrected chi connectivity index (χ2v) is 5.09. The predicted molar refractivity (Wildman–Crippen MR) is 68.3 cm³/mol. The molecule has 1 atom stereocenters. The van der Waals surface area contributed by atoms with Gasteiger partial charge in [-0.2, -0.15) is 0 Å². The molecule has 2 nitrogen and oxygen atoms in total. The molecule has 0 aliphatic heterocycles. The molecule has 0 heterocycles. The molecule has 3 N–H and O–H groups in total. The smallest absolute Gasteiger partial charge is 0.123 e. The van der Waals surface area contributed by atoms with Crippen molar-refractivity contribution in [1.29, 1.82) is 0 Å². The van der Waals surface area contributed by atoms with E-state index in [9.17, 15) is 9.50 Å². The summed E-state index contributed by atoms with van der Waals surface area (Å²) in [7, 11) is 0. The Balaban J connectivity index is 2.97. The summed E-state index contributed by atoms with van der Waals surface area (Å²) in [6.45, 7) is 4.55. The normalized spacial score (nSPS) is 14.9. The highest BCUT2D eigenvalue weighted by atomic mass is 19.1. The Hall–Kier alpha value is -0.930. The van der Waals surface area contributed by atoms with Gasteiger partial charge in [0.25, 0.3) is 0 Å². The Labute approximate surface area is 103 Å². The van der Waals surface area contributed by atoms with Crippen molar-refractivity contribution in [2.24, 2.45) is 11.7 Å². The minimum Gasteiger partial charge on any atom is -0.395 e. The molecule has 0 fully saturated rings. The quantitative estimate of drug-likeness (QED) is 0.801. The lowest BCUT2D eigenvalue weighted by Crippen LogP contribution is -2.39. The van der Waals surface area contributed by atoms with E-state index < -0.39 is 5.41 Å². The molecule has 96 valence electrons. The maximum Gasteiger partial charge on any atom is 0.123 e. The van der Waals surface area contributed by atoms with E-state index >= 15 is 0 Å². The van der Waals surface area contributed by atoms with Gasteiger partial charge in [0, 0.05) is 12.0 Å². The molecule has 0 radical (unpaired) electrons. The van der Waals surface area contributed by atoms with E-state index in [2.05, 4.69) is 13.8 Å². The Morgan fingerprint density at radius 1 is 1.41 bits per heavy atom. The highest BCUT2D eigenvalue weighted by Crippen LogP contribution is 2.30. The summed E-state index contributed by atoms with van der Waals surface area (Å²) in [6.07, 6.45) is 1.75. The number of benzene rings is 1. The first-order chi connectivity index (χ1) is 8.04. The fraction of sp³-hybridized carbons (Fsp3) is 0.571. The number of aliphatic hydroxyl groups is 1. The molecule has 1 aromatic carbocycles. The molecule has 1 rings (SSSR count). The topological polar surface area (TPSA) is 46.2 Å². The molecule has 0 aliphatic carbocycles. The van der Waals surface area contributed by atoms with Gasteiger partial charge >= 0.3 is 0 Å². The van der Waals surface area contributed by atoms with Gasteiger partial charge < -0.3 is 10.8 Å². The lowest BCUT2D eigenvalue weighted by molar-refractivity contribution is 0.181. The van der Waals surface area contributed by atoms with E-state index in [1.54, 1.807) is 6.07 Å². The van der Waals surface area contributed by atoms with Crippen LogP contribution in [0, 0.1) is 11.7 Å². The molecule has 0 aliphatic rings. The zero-order valence-corrected chi connectivity index (χ0v) is 10.6. The zero-order chi connectivity index (χ0) is 12.9. The molecule has 0 amide bonds. The van der Waals surface area contributed by atoms with Gasteiger partial charge in [-0.3, -0.25) is 0 Å². The Morgan fingerprint density at radius 2 is 2.12 bits per heavy atom. The van der Waals surface area contributed by atoms with Crippen molar-refractivity contribution in [3.8, 4) is 0 Å². The van der Waals surface area contributed by atoms with Crippen molar-refractivity contribution in [3.63, 3.8) is 0 Å². The van der Waals surface area contributed by atoms with E-state index in [1.165, 1.54) is 12.1 Å². The summed E-state index contributed by atoms with van der Waals surface area (Å²) in [4.78, 5) is 0. The minimum absolute atomic E-state index is 0.0420. The zero-order valence-electron chi connectivity index (χ0n) is 10.6. The van der Waals surface area contributed by atoms with Crippen LogP contribution >= 0.6 is 0 Å². The SMILES string of the molecule is CC(C)CCC(CN)(CO)c1cccc(F)c1. The maximum atomic E-state index is 13.2. The molecule has 0 bridgehead atoms. The molecule has 0 saturated heterocycles. The second kappa shape index (κ2) is 6.12. The molecule has 3 heteroatoms. The Kier molecular flexibility index (Phi) is 5.09. The molecular formula is C14H22FNO. The monoisotopic (exact) mass is 239 g/mol. The molecular weight excluding hydrogens is 217 g/mol. The van der Waals surface area contributed by atoms with Crippen LogP contribution in [0.1, 0.15) is 32.3 Å².